The van der Waals surface area contributed by atoms with Crippen LogP contribution in [0.1, 0.15) is 5.56 Å². The van der Waals surface area contributed by atoms with Gasteiger partial charge in [0.05, 0.1) is 16.8 Å². The lowest BCUT2D eigenvalue weighted by molar-refractivity contribution is -0.671. The Bertz CT molecular complexity index is 591. The highest BCUT2D eigenvalue weighted by atomic mass is 16.6. The summed E-state index contributed by atoms with van der Waals surface area (Å²) in [6.07, 6.45) is 5.53. The maximum atomic E-state index is 10.5. The summed E-state index contributed by atoms with van der Waals surface area (Å²) in [6.45, 7) is 0. The van der Waals surface area contributed by atoms with Gasteiger partial charge in [0.1, 0.15) is 7.05 Å². The maximum Gasteiger partial charge on any atom is 0.269 e. The summed E-state index contributed by atoms with van der Waals surface area (Å²) in [7, 11) is 1.94. The van der Waals surface area contributed by atoms with E-state index in [9.17, 15) is 10.1 Å². The van der Waals surface area contributed by atoms with Crippen molar-refractivity contribution < 1.29 is 9.49 Å². The van der Waals surface area contributed by atoms with Gasteiger partial charge in [-0.3, -0.25) is 15.5 Å². The normalized spacial score (nSPS) is 10.6. The number of hydrogen-bond acceptors (Lipinski definition) is 4. The number of benzene rings is 1. The second kappa shape index (κ2) is 5.72. The number of aryl methyl sites for hydroxylation is 1. The van der Waals surface area contributed by atoms with Gasteiger partial charge in [-0.2, -0.15) is 5.10 Å². The lowest BCUT2D eigenvalue weighted by Crippen LogP contribution is -2.25. The summed E-state index contributed by atoms with van der Waals surface area (Å²) in [5.74, 6) is 0. The molecule has 0 aliphatic rings. The van der Waals surface area contributed by atoms with Crippen molar-refractivity contribution in [2.45, 2.75) is 0 Å². The molecule has 2 rings (SSSR count). The zero-order valence-corrected chi connectivity index (χ0v) is 10.4. The lowest BCUT2D eigenvalue weighted by atomic mass is 10.3. The smallest absolute Gasteiger partial charge is 0.269 e. The molecule has 1 aromatic heterocycles. The van der Waals surface area contributed by atoms with Crippen LogP contribution in [0.5, 0.6) is 0 Å². The highest BCUT2D eigenvalue weighted by molar-refractivity contribution is 5.79. The predicted octanol–water partition coefficient (Wildman–Crippen LogP) is 1.87. The van der Waals surface area contributed by atoms with Crippen molar-refractivity contribution in [2.75, 3.05) is 5.43 Å². The van der Waals surface area contributed by atoms with Crippen molar-refractivity contribution in [2.24, 2.45) is 12.1 Å². The van der Waals surface area contributed by atoms with Gasteiger partial charge >= 0.3 is 0 Å². The first-order valence-electron chi connectivity index (χ1n) is 5.64. The van der Waals surface area contributed by atoms with Crippen LogP contribution in [0.25, 0.3) is 0 Å². The molecule has 6 heteroatoms. The Morgan fingerprint density at radius 3 is 2.42 bits per heavy atom. The Morgan fingerprint density at radius 2 is 1.84 bits per heavy atom. The zero-order valence-electron chi connectivity index (χ0n) is 10.4. The first-order valence-corrected chi connectivity index (χ1v) is 5.64. The van der Waals surface area contributed by atoms with Crippen LogP contribution < -0.4 is 9.99 Å². The molecule has 0 aliphatic heterocycles. The number of aromatic nitrogens is 1. The second-order valence-corrected chi connectivity index (χ2v) is 3.97. The van der Waals surface area contributed by atoms with Crippen LogP contribution in [0, 0.1) is 10.1 Å². The molecule has 0 unspecified atom stereocenters. The van der Waals surface area contributed by atoms with Crippen molar-refractivity contribution in [1.29, 1.82) is 0 Å². The van der Waals surface area contributed by atoms with E-state index in [1.165, 1.54) is 12.1 Å². The van der Waals surface area contributed by atoms with E-state index in [4.69, 9.17) is 0 Å². The monoisotopic (exact) mass is 257 g/mol. The molecule has 19 heavy (non-hydrogen) atoms. The molecule has 6 nitrogen and oxygen atoms in total. The standard InChI is InChI=1S/C13H12N4O2/c1-16-8-6-11(7-9-16)10-14-15-12-2-4-13(5-3-12)17(18)19/h2-10H,1H3/p+1. The van der Waals surface area contributed by atoms with E-state index >= 15 is 0 Å². The number of anilines is 1. The molecule has 0 amide bonds. The molecule has 1 N–H and O–H groups in total. The summed E-state index contributed by atoms with van der Waals surface area (Å²) in [5.41, 5.74) is 4.54. The van der Waals surface area contributed by atoms with E-state index in [2.05, 4.69) is 10.5 Å². The maximum absolute atomic E-state index is 10.5. The Morgan fingerprint density at radius 1 is 1.21 bits per heavy atom. The molecule has 1 heterocycles. The number of nitrogens with one attached hydrogen (secondary N) is 1. The van der Waals surface area contributed by atoms with Crippen molar-refractivity contribution in [3.05, 3.63) is 64.5 Å². The number of nitrogens with zero attached hydrogens (tertiary/aromatic N) is 3. The van der Waals surface area contributed by atoms with Gasteiger partial charge in [0, 0.05) is 29.8 Å². The minimum atomic E-state index is -0.434. The fourth-order valence-corrected chi connectivity index (χ4v) is 1.44. The highest BCUT2D eigenvalue weighted by Gasteiger charge is 2.02. The van der Waals surface area contributed by atoms with Gasteiger partial charge in [-0.15, -0.1) is 0 Å². The summed E-state index contributed by atoms with van der Waals surface area (Å²) >= 11 is 0. The number of pyridine rings is 1. The van der Waals surface area contributed by atoms with Crippen LogP contribution in [-0.2, 0) is 7.05 Å². The summed E-state index contributed by atoms with van der Waals surface area (Å²) in [6, 6.07) is 9.95. The Kier molecular flexibility index (Phi) is 3.82. The fraction of sp³-hybridized carbons (Fsp3) is 0.0769. The molecule has 2 aromatic rings. The van der Waals surface area contributed by atoms with Gasteiger partial charge in [0.25, 0.3) is 5.69 Å². The molecule has 0 spiro atoms. The van der Waals surface area contributed by atoms with Crippen LogP contribution >= 0.6 is 0 Å². The largest absolute Gasteiger partial charge is 0.278 e. The van der Waals surface area contributed by atoms with Crippen molar-refractivity contribution in [3.63, 3.8) is 0 Å². The predicted molar refractivity (Wildman–Crippen MR) is 71.9 cm³/mol. The fourth-order valence-electron chi connectivity index (χ4n) is 1.44. The van der Waals surface area contributed by atoms with Crippen LogP contribution in [0.3, 0.4) is 0 Å². The van der Waals surface area contributed by atoms with Crippen LogP contribution in [0.4, 0.5) is 11.4 Å². The van der Waals surface area contributed by atoms with Crippen LogP contribution in [0.2, 0.25) is 0 Å². The van der Waals surface area contributed by atoms with Crippen LogP contribution in [0.15, 0.2) is 53.9 Å². The Hall–Kier alpha value is -2.76. The molecule has 0 aliphatic carbocycles. The molecule has 0 fully saturated rings. The first-order chi connectivity index (χ1) is 9.15. The molecule has 0 bridgehead atoms. The van der Waals surface area contributed by atoms with E-state index < -0.39 is 4.92 Å². The van der Waals surface area contributed by atoms with Gasteiger partial charge in [-0.25, -0.2) is 4.57 Å². The van der Waals surface area contributed by atoms with Gasteiger partial charge in [0.15, 0.2) is 12.4 Å². The van der Waals surface area contributed by atoms with Crippen molar-refractivity contribution in [1.82, 2.24) is 0 Å². The van der Waals surface area contributed by atoms with Crippen molar-refractivity contribution in [3.8, 4) is 0 Å². The number of nitro groups is 1. The number of rotatable bonds is 4. The number of hydrazone groups is 1. The summed E-state index contributed by atoms with van der Waals surface area (Å²) < 4.78 is 1.93. The Balaban J connectivity index is 1.98. The molecule has 1 aromatic carbocycles. The minimum Gasteiger partial charge on any atom is -0.278 e. The molecule has 96 valence electrons. The first kappa shape index (κ1) is 12.7. The zero-order chi connectivity index (χ0) is 13.7. The molecule has 0 saturated carbocycles. The van der Waals surface area contributed by atoms with Gasteiger partial charge in [0.2, 0.25) is 0 Å². The average Bonchev–Trinajstić information content (AvgIpc) is 2.41. The third-order valence-electron chi connectivity index (χ3n) is 2.49. The second-order valence-electron chi connectivity index (χ2n) is 3.97. The molecule has 0 saturated heterocycles. The third-order valence-corrected chi connectivity index (χ3v) is 2.49. The number of nitro benzene ring substituents is 1. The topological polar surface area (TPSA) is 71.4 Å². The lowest BCUT2D eigenvalue weighted by Gasteiger charge is -1.99. The van der Waals surface area contributed by atoms with E-state index in [0.717, 1.165) is 5.56 Å². The SMILES string of the molecule is C[n+]1ccc(/C=N/Nc2ccc([N+](=O)[O-])cc2)cc1. The average molecular weight is 257 g/mol. The highest BCUT2D eigenvalue weighted by Crippen LogP contribution is 2.15. The van der Waals surface area contributed by atoms with Gasteiger partial charge in [-0.1, -0.05) is 0 Å². The third kappa shape index (κ3) is 3.60. The molecule has 0 atom stereocenters. The van der Waals surface area contributed by atoms with Crippen LogP contribution in [-0.4, -0.2) is 11.1 Å². The summed E-state index contributed by atoms with van der Waals surface area (Å²) in [5, 5.41) is 14.6. The van der Waals surface area contributed by atoms with E-state index in [1.54, 1.807) is 18.3 Å². The van der Waals surface area contributed by atoms with Crippen molar-refractivity contribution >= 4 is 17.6 Å². The molecular weight excluding hydrogens is 244 g/mol. The quantitative estimate of drug-likeness (QED) is 0.393. The Labute approximate surface area is 110 Å². The van der Waals surface area contributed by atoms with E-state index in [-0.39, 0.29) is 5.69 Å². The number of non-ortho nitro benzene ring substituents is 1. The van der Waals surface area contributed by atoms with Gasteiger partial charge < -0.3 is 0 Å². The summed E-state index contributed by atoms with van der Waals surface area (Å²) in [4.78, 5) is 10.1. The van der Waals surface area contributed by atoms with E-state index in [0.29, 0.717) is 5.69 Å². The minimum absolute atomic E-state index is 0.0603. The molecule has 0 radical (unpaired) electrons. The van der Waals surface area contributed by atoms with Gasteiger partial charge in [-0.05, 0) is 12.1 Å². The van der Waals surface area contributed by atoms with E-state index in [1.807, 2.05) is 36.1 Å². The number of hydrogen-bond donors (Lipinski definition) is 1. The molecular formula is C13H13N4O2+.